The summed E-state index contributed by atoms with van der Waals surface area (Å²) in [5.74, 6) is 7.30. The molecule has 0 aliphatic rings. The summed E-state index contributed by atoms with van der Waals surface area (Å²) < 4.78 is 7.14. The van der Waals surface area contributed by atoms with Gasteiger partial charge < -0.3 is 15.5 Å². The predicted octanol–water partition coefficient (Wildman–Crippen LogP) is 1.76. The number of aromatic nitrogens is 3. The molecule has 0 bridgehead atoms. The van der Waals surface area contributed by atoms with Crippen LogP contribution in [0.2, 0.25) is 0 Å². The first-order chi connectivity index (χ1) is 11.3. The molecule has 0 fully saturated rings. The van der Waals surface area contributed by atoms with E-state index in [4.69, 9.17) is 10.6 Å². The lowest BCUT2D eigenvalue weighted by molar-refractivity contribution is -0.127. The fourth-order valence-electron chi connectivity index (χ4n) is 2.16. The molecule has 1 heterocycles. The lowest BCUT2D eigenvalue weighted by atomic mass is 10.1. The highest BCUT2D eigenvalue weighted by atomic mass is 32.2. The topological polar surface area (TPSA) is 86.3 Å². The van der Waals surface area contributed by atoms with Gasteiger partial charge in [0, 0.05) is 14.1 Å². The number of hydrogen-bond acceptors (Lipinski definition) is 6. The van der Waals surface area contributed by atoms with Gasteiger partial charge in [-0.2, -0.15) is 0 Å². The van der Waals surface area contributed by atoms with Crippen molar-refractivity contribution >= 4 is 17.7 Å². The Balaban J connectivity index is 2.03. The van der Waals surface area contributed by atoms with E-state index in [9.17, 15) is 4.79 Å². The number of ether oxygens (including phenoxy) is 1. The van der Waals surface area contributed by atoms with Crippen LogP contribution in [-0.4, -0.2) is 45.0 Å². The number of aryl methyl sites for hydroxylation is 2. The minimum Gasteiger partial charge on any atom is -0.485 e. The molecule has 2 N–H and O–H groups in total. The van der Waals surface area contributed by atoms with Gasteiger partial charge in [0.2, 0.25) is 11.1 Å². The molecule has 8 heteroatoms. The minimum atomic E-state index is -0.292. The molecule has 0 aliphatic heterocycles. The van der Waals surface area contributed by atoms with Crippen molar-refractivity contribution in [3.63, 3.8) is 0 Å². The van der Waals surface area contributed by atoms with Crippen LogP contribution in [0.3, 0.4) is 0 Å². The molecule has 0 saturated heterocycles. The normalized spacial score (nSPS) is 12.0. The van der Waals surface area contributed by atoms with Crippen molar-refractivity contribution in [2.24, 2.45) is 0 Å². The van der Waals surface area contributed by atoms with E-state index < -0.39 is 0 Å². The summed E-state index contributed by atoms with van der Waals surface area (Å²) in [6, 6.07) is 5.97. The first kappa shape index (κ1) is 18.1. The van der Waals surface area contributed by atoms with Gasteiger partial charge in [0.05, 0.1) is 5.25 Å². The molecule has 0 saturated carbocycles. The monoisotopic (exact) mass is 349 g/mol. The van der Waals surface area contributed by atoms with E-state index in [1.54, 1.807) is 19.0 Å². The van der Waals surface area contributed by atoms with Crippen molar-refractivity contribution < 1.29 is 9.53 Å². The Labute approximate surface area is 146 Å². The lowest BCUT2D eigenvalue weighted by Crippen LogP contribution is -2.30. The quantitative estimate of drug-likeness (QED) is 0.632. The third kappa shape index (κ3) is 4.19. The molecule has 1 aromatic heterocycles. The minimum absolute atomic E-state index is 0.00363. The van der Waals surface area contributed by atoms with Crippen LogP contribution in [0.15, 0.2) is 23.4 Å². The molecule has 1 amide bonds. The molecule has 1 atom stereocenters. The Kier molecular flexibility index (Phi) is 5.71. The summed E-state index contributed by atoms with van der Waals surface area (Å²) in [5, 5.41) is 8.29. The standard InChI is InChI=1S/C16H23N5O2S/c1-10-6-7-13(11(2)8-10)23-9-14-18-19-16(21(14)17)24-12(3)15(22)20(4)5/h6-8,12H,9,17H2,1-5H3/t12-/m1/s1. The van der Waals surface area contributed by atoms with Crippen molar-refractivity contribution in [3.8, 4) is 5.75 Å². The number of carbonyl (C=O) groups excluding carboxylic acids is 1. The summed E-state index contributed by atoms with van der Waals surface area (Å²) in [5.41, 5.74) is 2.23. The Morgan fingerprint density at radius 2 is 2.08 bits per heavy atom. The second-order valence-corrected chi connectivity index (χ2v) is 7.13. The molecule has 0 radical (unpaired) electrons. The third-order valence-electron chi connectivity index (χ3n) is 3.49. The predicted molar refractivity (Wildman–Crippen MR) is 94.4 cm³/mol. The zero-order chi connectivity index (χ0) is 17.9. The molecule has 2 rings (SSSR count). The summed E-state index contributed by atoms with van der Waals surface area (Å²) in [4.78, 5) is 13.5. The average Bonchev–Trinajstić information content (AvgIpc) is 2.86. The second kappa shape index (κ2) is 7.57. The van der Waals surface area contributed by atoms with Crippen molar-refractivity contribution in [2.45, 2.75) is 37.8 Å². The third-order valence-corrected chi connectivity index (χ3v) is 4.54. The fraction of sp³-hybridized carbons (Fsp3) is 0.438. The molecule has 0 aliphatic carbocycles. The number of carbonyl (C=O) groups is 1. The second-order valence-electron chi connectivity index (χ2n) is 5.82. The molecule has 1 aromatic carbocycles. The summed E-state index contributed by atoms with van der Waals surface area (Å²) in [6.07, 6.45) is 0. The highest BCUT2D eigenvalue weighted by Gasteiger charge is 2.20. The highest BCUT2D eigenvalue weighted by molar-refractivity contribution is 8.00. The SMILES string of the molecule is Cc1ccc(OCc2nnc(S[C@H](C)C(=O)N(C)C)n2N)c(C)c1. The number of thioether (sulfide) groups is 1. The maximum absolute atomic E-state index is 11.9. The number of nitrogen functional groups attached to an aromatic ring is 1. The summed E-state index contributed by atoms with van der Waals surface area (Å²) in [6.45, 7) is 6.05. The van der Waals surface area contributed by atoms with Gasteiger partial charge in [-0.05, 0) is 32.4 Å². The maximum Gasteiger partial charge on any atom is 0.235 e. The molecule has 24 heavy (non-hydrogen) atoms. The molecule has 7 nitrogen and oxygen atoms in total. The molecular weight excluding hydrogens is 326 g/mol. The number of rotatable bonds is 6. The van der Waals surface area contributed by atoms with E-state index in [1.807, 2.05) is 32.9 Å². The first-order valence-corrected chi connectivity index (χ1v) is 8.44. The largest absolute Gasteiger partial charge is 0.485 e. The van der Waals surface area contributed by atoms with Crippen LogP contribution in [-0.2, 0) is 11.4 Å². The van der Waals surface area contributed by atoms with E-state index >= 15 is 0 Å². The van der Waals surface area contributed by atoms with Gasteiger partial charge in [0.25, 0.3) is 0 Å². The van der Waals surface area contributed by atoms with Crippen LogP contribution in [0.1, 0.15) is 23.9 Å². The van der Waals surface area contributed by atoms with Gasteiger partial charge in [0.15, 0.2) is 5.82 Å². The van der Waals surface area contributed by atoms with Crippen molar-refractivity contribution in [2.75, 3.05) is 19.9 Å². The smallest absolute Gasteiger partial charge is 0.235 e. The Morgan fingerprint density at radius 1 is 1.38 bits per heavy atom. The Hall–Kier alpha value is -2.22. The van der Waals surface area contributed by atoms with Gasteiger partial charge in [-0.15, -0.1) is 10.2 Å². The molecule has 130 valence electrons. The van der Waals surface area contributed by atoms with E-state index in [0.717, 1.165) is 11.3 Å². The van der Waals surface area contributed by atoms with E-state index in [2.05, 4.69) is 16.3 Å². The molecule has 0 unspecified atom stereocenters. The van der Waals surface area contributed by atoms with Crippen molar-refractivity contribution in [1.82, 2.24) is 19.8 Å². The van der Waals surface area contributed by atoms with Crippen molar-refractivity contribution in [3.05, 3.63) is 35.2 Å². The van der Waals surface area contributed by atoms with Crippen LogP contribution < -0.4 is 10.6 Å². The van der Waals surface area contributed by atoms with E-state index in [0.29, 0.717) is 11.0 Å². The maximum atomic E-state index is 11.9. The van der Waals surface area contributed by atoms with Crippen LogP contribution in [0.5, 0.6) is 5.75 Å². The van der Waals surface area contributed by atoms with Gasteiger partial charge in [-0.25, -0.2) is 4.68 Å². The number of hydrogen-bond donors (Lipinski definition) is 1. The van der Waals surface area contributed by atoms with Gasteiger partial charge in [0.1, 0.15) is 12.4 Å². The van der Waals surface area contributed by atoms with Crippen LogP contribution in [0, 0.1) is 13.8 Å². The van der Waals surface area contributed by atoms with E-state index in [-0.39, 0.29) is 17.8 Å². The summed E-state index contributed by atoms with van der Waals surface area (Å²) >= 11 is 1.27. The fourth-order valence-corrected chi connectivity index (χ4v) is 3.10. The van der Waals surface area contributed by atoms with Crippen LogP contribution in [0.4, 0.5) is 0 Å². The molecule has 0 spiro atoms. The number of nitrogens with zero attached hydrogens (tertiary/aromatic N) is 4. The van der Waals surface area contributed by atoms with Gasteiger partial charge >= 0.3 is 0 Å². The zero-order valence-corrected chi connectivity index (χ0v) is 15.4. The number of nitrogens with two attached hydrogens (primary N) is 1. The average molecular weight is 349 g/mol. The zero-order valence-electron chi connectivity index (χ0n) is 14.6. The molecule has 2 aromatic rings. The summed E-state index contributed by atoms with van der Waals surface area (Å²) in [7, 11) is 3.44. The van der Waals surface area contributed by atoms with Crippen LogP contribution >= 0.6 is 11.8 Å². The first-order valence-electron chi connectivity index (χ1n) is 7.57. The van der Waals surface area contributed by atoms with Crippen molar-refractivity contribution in [1.29, 1.82) is 0 Å². The Bertz CT molecular complexity index is 729. The lowest BCUT2D eigenvalue weighted by Gasteiger charge is -2.15. The van der Waals surface area contributed by atoms with Crippen LogP contribution in [0.25, 0.3) is 0 Å². The number of benzene rings is 1. The number of amides is 1. The highest BCUT2D eigenvalue weighted by Crippen LogP contribution is 2.23. The Morgan fingerprint density at radius 3 is 2.71 bits per heavy atom. The molecular formula is C16H23N5O2S. The van der Waals surface area contributed by atoms with Gasteiger partial charge in [-0.1, -0.05) is 29.5 Å². The van der Waals surface area contributed by atoms with E-state index in [1.165, 1.54) is 22.0 Å². The van der Waals surface area contributed by atoms with Gasteiger partial charge in [-0.3, -0.25) is 4.79 Å².